The Balaban J connectivity index is 1.32. The van der Waals surface area contributed by atoms with Gasteiger partial charge in [-0.2, -0.15) is 0 Å². The Morgan fingerprint density at radius 1 is 0.944 bits per heavy atom. The smallest absolute Gasteiger partial charge is 0.0588 e. The zero-order valence-corrected chi connectivity index (χ0v) is 11.8. The Morgan fingerprint density at radius 3 is 2.39 bits per heavy atom. The molecule has 0 amide bonds. The lowest BCUT2D eigenvalue weighted by Crippen LogP contribution is -2.37. The van der Waals surface area contributed by atoms with Gasteiger partial charge in [0.1, 0.15) is 0 Å². The van der Waals surface area contributed by atoms with E-state index in [0.29, 0.717) is 6.10 Å². The SMILES string of the molecule is C1COC(CCNC2CCC3(CCCC3)CC2)C1. The molecule has 1 spiro atoms. The summed E-state index contributed by atoms with van der Waals surface area (Å²) in [6.45, 7) is 2.17. The van der Waals surface area contributed by atoms with Gasteiger partial charge in [-0.25, -0.2) is 0 Å². The Kier molecular flexibility index (Phi) is 4.25. The fourth-order valence-corrected chi connectivity index (χ4v) is 4.38. The average molecular weight is 251 g/mol. The van der Waals surface area contributed by atoms with Crippen molar-refractivity contribution in [1.82, 2.24) is 5.32 Å². The fourth-order valence-electron chi connectivity index (χ4n) is 4.38. The van der Waals surface area contributed by atoms with Crippen LogP contribution < -0.4 is 5.32 Å². The van der Waals surface area contributed by atoms with Gasteiger partial charge in [0.2, 0.25) is 0 Å². The van der Waals surface area contributed by atoms with Crippen molar-refractivity contribution in [3.63, 3.8) is 0 Å². The van der Waals surface area contributed by atoms with Crippen molar-refractivity contribution in [3.8, 4) is 0 Å². The van der Waals surface area contributed by atoms with E-state index < -0.39 is 0 Å². The summed E-state index contributed by atoms with van der Waals surface area (Å²) in [4.78, 5) is 0. The van der Waals surface area contributed by atoms with Gasteiger partial charge in [-0.1, -0.05) is 12.8 Å². The van der Waals surface area contributed by atoms with Crippen LogP contribution in [-0.2, 0) is 4.74 Å². The molecule has 0 aromatic rings. The number of rotatable bonds is 4. The van der Waals surface area contributed by atoms with Crippen molar-refractivity contribution in [1.29, 1.82) is 0 Å². The third-order valence-electron chi connectivity index (χ3n) is 5.63. The van der Waals surface area contributed by atoms with Gasteiger partial charge in [0.05, 0.1) is 6.10 Å². The lowest BCUT2D eigenvalue weighted by molar-refractivity contribution is 0.101. The maximum atomic E-state index is 5.68. The molecule has 3 rings (SSSR count). The van der Waals surface area contributed by atoms with E-state index in [1.807, 2.05) is 0 Å². The van der Waals surface area contributed by atoms with Crippen LogP contribution in [0.5, 0.6) is 0 Å². The van der Waals surface area contributed by atoms with E-state index in [1.54, 1.807) is 0 Å². The molecule has 0 aromatic carbocycles. The lowest BCUT2D eigenvalue weighted by Gasteiger charge is -2.37. The fraction of sp³-hybridized carbons (Fsp3) is 1.00. The molecule has 1 heterocycles. The summed E-state index contributed by atoms with van der Waals surface area (Å²) >= 11 is 0. The highest BCUT2D eigenvalue weighted by Crippen LogP contribution is 2.48. The Bertz CT molecular complexity index is 244. The lowest BCUT2D eigenvalue weighted by atomic mass is 9.71. The summed E-state index contributed by atoms with van der Waals surface area (Å²) in [6, 6.07) is 0.803. The maximum Gasteiger partial charge on any atom is 0.0588 e. The number of hydrogen-bond acceptors (Lipinski definition) is 2. The third kappa shape index (κ3) is 3.08. The summed E-state index contributed by atoms with van der Waals surface area (Å²) < 4.78 is 5.68. The number of nitrogens with one attached hydrogen (secondary N) is 1. The van der Waals surface area contributed by atoms with Gasteiger partial charge in [0.15, 0.2) is 0 Å². The molecule has 2 heteroatoms. The highest BCUT2D eigenvalue weighted by atomic mass is 16.5. The van der Waals surface area contributed by atoms with E-state index >= 15 is 0 Å². The second-order valence-electron chi connectivity index (χ2n) is 6.86. The molecule has 1 saturated heterocycles. The Morgan fingerprint density at radius 2 is 1.72 bits per heavy atom. The molecule has 1 atom stereocenters. The normalized spacial score (nSPS) is 32.3. The second kappa shape index (κ2) is 5.92. The Labute approximate surface area is 112 Å². The van der Waals surface area contributed by atoms with E-state index in [9.17, 15) is 0 Å². The summed E-state index contributed by atoms with van der Waals surface area (Å²) in [5.41, 5.74) is 0.784. The zero-order valence-electron chi connectivity index (χ0n) is 11.8. The molecular weight excluding hydrogens is 222 g/mol. The summed E-state index contributed by atoms with van der Waals surface area (Å²) in [6.07, 6.45) is 16.2. The van der Waals surface area contributed by atoms with E-state index in [1.165, 1.54) is 77.2 Å². The van der Waals surface area contributed by atoms with Crippen LogP contribution in [0.4, 0.5) is 0 Å². The first kappa shape index (κ1) is 12.9. The number of ether oxygens (including phenoxy) is 1. The Hall–Kier alpha value is -0.0800. The van der Waals surface area contributed by atoms with Crippen LogP contribution in [-0.4, -0.2) is 25.3 Å². The van der Waals surface area contributed by atoms with Crippen LogP contribution in [0.2, 0.25) is 0 Å². The first-order valence-corrected chi connectivity index (χ1v) is 8.21. The van der Waals surface area contributed by atoms with E-state index in [4.69, 9.17) is 4.74 Å². The van der Waals surface area contributed by atoms with Gasteiger partial charge in [0.25, 0.3) is 0 Å². The zero-order chi connectivity index (χ0) is 12.3. The van der Waals surface area contributed by atoms with E-state index in [2.05, 4.69) is 5.32 Å². The van der Waals surface area contributed by atoms with Gasteiger partial charge >= 0.3 is 0 Å². The standard InChI is InChI=1S/C16H29NO/c1-2-9-16(8-1)10-5-14(6-11-16)17-12-7-15-4-3-13-18-15/h14-15,17H,1-13H2. The van der Waals surface area contributed by atoms with Crippen molar-refractivity contribution < 1.29 is 4.74 Å². The molecule has 2 nitrogen and oxygen atoms in total. The molecule has 0 bridgehead atoms. The highest BCUT2D eigenvalue weighted by Gasteiger charge is 2.37. The maximum absolute atomic E-state index is 5.68. The minimum absolute atomic E-state index is 0.558. The molecule has 3 aliphatic rings. The van der Waals surface area contributed by atoms with Crippen LogP contribution in [0.15, 0.2) is 0 Å². The predicted octanol–water partition coefficient (Wildman–Crippen LogP) is 3.65. The first-order chi connectivity index (χ1) is 8.86. The van der Waals surface area contributed by atoms with Crippen LogP contribution in [0.3, 0.4) is 0 Å². The molecule has 0 aromatic heterocycles. The molecule has 1 aliphatic heterocycles. The minimum Gasteiger partial charge on any atom is -0.378 e. The van der Waals surface area contributed by atoms with Crippen molar-refractivity contribution in [2.45, 2.75) is 82.8 Å². The summed E-state index contributed by atoms with van der Waals surface area (Å²) in [7, 11) is 0. The van der Waals surface area contributed by atoms with Gasteiger partial charge in [-0.3, -0.25) is 0 Å². The first-order valence-electron chi connectivity index (χ1n) is 8.21. The second-order valence-corrected chi connectivity index (χ2v) is 6.86. The average Bonchev–Trinajstić information content (AvgIpc) is 3.04. The molecule has 0 radical (unpaired) electrons. The quantitative estimate of drug-likeness (QED) is 0.823. The van der Waals surface area contributed by atoms with Gasteiger partial charge in [-0.05, 0) is 69.7 Å². The van der Waals surface area contributed by atoms with Crippen molar-refractivity contribution in [2.24, 2.45) is 5.41 Å². The molecule has 3 fully saturated rings. The van der Waals surface area contributed by atoms with Crippen LogP contribution in [0.1, 0.15) is 70.6 Å². The molecule has 2 aliphatic carbocycles. The van der Waals surface area contributed by atoms with E-state index in [0.717, 1.165) is 18.1 Å². The summed E-state index contributed by atoms with van der Waals surface area (Å²) in [5, 5.41) is 3.77. The number of hydrogen-bond donors (Lipinski definition) is 1. The molecule has 1 N–H and O–H groups in total. The molecule has 104 valence electrons. The van der Waals surface area contributed by atoms with Gasteiger partial charge in [-0.15, -0.1) is 0 Å². The monoisotopic (exact) mass is 251 g/mol. The predicted molar refractivity (Wildman–Crippen MR) is 74.8 cm³/mol. The molecule has 2 saturated carbocycles. The third-order valence-corrected chi connectivity index (χ3v) is 5.63. The van der Waals surface area contributed by atoms with E-state index in [-0.39, 0.29) is 0 Å². The van der Waals surface area contributed by atoms with Crippen molar-refractivity contribution in [3.05, 3.63) is 0 Å². The molecule has 18 heavy (non-hydrogen) atoms. The largest absolute Gasteiger partial charge is 0.378 e. The van der Waals surface area contributed by atoms with Crippen LogP contribution in [0, 0.1) is 5.41 Å². The molecular formula is C16H29NO. The van der Waals surface area contributed by atoms with Crippen molar-refractivity contribution >= 4 is 0 Å². The van der Waals surface area contributed by atoms with Crippen molar-refractivity contribution in [2.75, 3.05) is 13.2 Å². The topological polar surface area (TPSA) is 21.3 Å². The summed E-state index contributed by atoms with van der Waals surface area (Å²) in [5.74, 6) is 0. The highest BCUT2D eigenvalue weighted by molar-refractivity contribution is 4.91. The van der Waals surface area contributed by atoms with Gasteiger partial charge < -0.3 is 10.1 Å². The van der Waals surface area contributed by atoms with Gasteiger partial charge in [0, 0.05) is 12.6 Å². The van der Waals surface area contributed by atoms with Crippen LogP contribution >= 0.6 is 0 Å². The minimum atomic E-state index is 0.558. The van der Waals surface area contributed by atoms with Crippen LogP contribution in [0.25, 0.3) is 0 Å². The molecule has 1 unspecified atom stereocenters.